The molecule has 1 heterocycles. The lowest BCUT2D eigenvalue weighted by Gasteiger charge is -2.01. The van der Waals surface area contributed by atoms with Crippen molar-refractivity contribution in [1.29, 1.82) is 0 Å². The Kier molecular flexibility index (Phi) is 2.69. The van der Waals surface area contributed by atoms with E-state index in [-0.39, 0.29) is 0 Å². The topological polar surface area (TPSA) is 63.8 Å². The van der Waals surface area contributed by atoms with Crippen LogP contribution < -0.4 is 11.0 Å². The van der Waals surface area contributed by atoms with E-state index in [0.29, 0.717) is 5.82 Å². The molecule has 0 fully saturated rings. The summed E-state index contributed by atoms with van der Waals surface area (Å²) in [5, 5.41) is 2.38. The third kappa shape index (κ3) is 1.75. The molecular weight excluding hydrogens is 151 g/mol. The van der Waals surface area contributed by atoms with E-state index in [2.05, 4.69) is 15.2 Å². The van der Waals surface area contributed by atoms with Gasteiger partial charge in [0.05, 0.1) is 5.69 Å². The zero-order valence-electron chi connectivity index (χ0n) is 6.78. The number of nitrogen functional groups attached to an aromatic ring is 1. The Morgan fingerprint density at radius 1 is 1.58 bits per heavy atom. The number of nitrogens with zero attached hydrogens (tertiary/aromatic N) is 2. The van der Waals surface area contributed by atoms with Crippen molar-refractivity contribution < 1.29 is 0 Å². The van der Waals surface area contributed by atoms with Crippen LogP contribution in [0.1, 0.15) is 11.3 Å². The van der Waals surface area contributed by atoms with Crippen LogP contribution in [0.3, 0.4) is 0 Å². The van der Waals surface area contributed by atoms with Crippen molar-refractivity contribution >= 4 is 19.9 Å². The van der Waals surface area contributed by atoms with Gasteiger partial charge in [-0.3, -0.25) is 0 Å². The van der Waals surface area contributed by atoms with Crippen molar-refractivity contribution in [2.24, 2.45) is 0 Å². The van der Waals surface area contributed by atoms with Crippen LogP contribution in [0.5, 0.6) is 0 Å². The van der Waals surface area contributed by atoms with Crippen LogP contribution in [0, 0.1) is 6.92 Å². The van der Waals surface area contributed by atoms with Gasteiger partial charge < -0.3 is 11.0 Å². The minimum atomic E-state index is 0.453. The number of aromatic nitrogens is 2. The Balaban J connectivity index is 3.04. The third-order valence-electron chi connectivity index (χ3n) is 1.46. The molecule has 0 saturated carbocycles. The molecule has 1 aromatic heterocycles. The third-order valence-corrected chi connectivity index (χ3v) is 1.46. The lowest BCUT2D eigenvalue weighted by molar-refractivity contribution is 1.10. The molecule has 0 spiro atoms. The van der Waals surface area contributed by atoms with E-state index in [1.54, 1.807) is 12.3 Å². The molecule has 5 heteroatoms. The molecule has 4 nitrogen and oxygen atoms in total. The van der Waals surface area contributed by atoms with Gasteiger partial charge in [0.15, 0.2) is 0 Å². The molecule has 0 saturated heterocycles. The Morgan fingerprint density at radius 3 is 2.92 bits per heavy atom. The van der Waals surface area contributed by atoms with Gasteiger partial charge in [-0.2, -0.15) is 0 Å². The first-order valence-electron chi connectivity index (χ1n) is 3.45. The summed E-state index contributed by atoms with van der Waals surface area (Å²) in [7, 11) is 5.06. The van der Waals surface area contributed by atoms with Gasteiger partial charge in [0.1, 0.15) is 12.1 Å². The van der Waals surface area contributed by atoms with Gasteiger partial charge in [-0.15, -0.1) is 0 Å². The second-order valence-corrected chi connectivity index (χ2v) is 2.26. The summed E-state index contributed by atoms with van der Waals surface area (Å²) >= 11 is 0. The minimum Gasteiger partial charge on any atom is -0.443 e. The fraction of sp³-hybridized carbons (Fsp3) is 0.143. The zero-order valence-corrected chi connectivity index (χ0v) is 6.78. The van der Waals surface area contributed by atoms with E-state index in [4.69, 9.17) is 13.7 Å². The second-order valence-electron chi connectivity index (χ2n) is 2.26. The highest BCUT2D eigenvalue weighted by Crippen LogP contribution is 2.11. The smallest absolute Gasteiger partial charge is 0.221 e. The van der Waals surface area contributed by atoms with E-state index in [1.807, 2.05) is 6.92 Å². The summed E-state index contributed by atoms with van der Waals surface area (Å²) in [6, 6.07) is 0. The average Bonchev–Trinajstić information content (AvgIpc) is 2.04. The number of anilines is 1. The van der Waals surface area contributed by atoms with Gasteiger partial charge >= 0.3 is 0 Å². The summed E-state index contributed by atoms with van der Waals surface area (Å²) in [6.07, 6.45) is 4.73. The number of nitrogens with two attached hydrogens (primary N) is 1. The lowest BCUT2D eigenvalue weighted by atomic mass is 10.2. The van der Waals surface area contributed by atoms with Crippen LogP contribution in [0.4, 0.5) is 5.82 Å². The number of rotatable bonds is 2. The molecule has 0 bridgehead atoms. The van der Waals surface area contributed by atoms with Crippen LogP contribution in [0.2, 0.25) is 0 Å². The molecule has 60 valence electrons. The van der Waals surface area contributed by atoms with Gasteiger partial charge in [0.25, 0.3) is 0 Å². The van der Waals surface area contributed by atoms with E-state index in [0.717, 1.165) is 11.3 Å². The molecule has 0 aliphatic rings. The van der Waals surface area contributed by atoms with Gasteiger partial charge in [-0.1, -0.05) is 0 Å². The molecule has 0 atom stereocenters. The number of aryl methyl sites for hydroxylation is 1. The first kappa shape index (κ1) is 8.58. The summed E-state index contributed by atoms with van der Waals surface area (Å²) in [6.45, 7) is 1.86. The van der Waals surface area contributed by atoms with E-state index >= 15 is 0 Å². The van der Waals surface area contributed by atoms with E-state index in [1.165, 1.54) is 6.33 Å². The second kappa shape index (κ2) is 3.76. The maximum atomic E-state index is 5.59. The minimum absolute atomic E-state index is 0.453. The predicted octanol–water partition coefficient (Wildman–Crippen LogP) is 0.0110. The predicted molar refractivity (Wildman–Crippen MR) is 49.1 cm³/mol. The largest absolute Gasteiger partial charge is 0.443 e. The average molecular weight is 160 g/mol. The van der Waals surface area contributed by atoms with Crippen LogP contribution in [0.15, 0.2) is 12.5 Å². The Labute approximate surface area is 72.3 Å². The first-order chi connectivity index (χ1) is 5.75. The fourth-order valence-corrected chi connectivity index (χ4v) is 0.840. The van der Waals surface area contributed by atoms with Crippen molar-refractivity contribution in [2.75, 3.05) is 5.73 Å². The van der Waals surface area contributed by atoms with Crippen molar-refractivity contribution in [1.82, 2.24) is 15.2 Å². The molecule has 2 radical (unpaired) electrons. The number of nitrogens with one attached hydrogen (secondary N) is 1. The maximum Gasteiger partial charge on any atom is 0.221 e. The van der Waals surface area contributed by atoms with Gasteiger partial charge in [-0.25, -0.2) is 9.97 Å². The van der Waals surface area contributed by atoms with Crippen molar-refractivity contribution in [3.05, 3.63) is 23.8 Å². The molecule has 0 unspecified atom stereocenters. The number of hydrogen-bond acceptors (Lipinski definition) is 4. The summed E-state index contributed by atoms with van der Waals surface area (Å²) in [5.41, 5.74) is 7.21. The van der Waals surface area contributed by atoms with Crippen molar-refractivity contribution in [2.45, 2.75) is 6.92 Å². The molecule has 3 N–H and O–H groups in total. The van der Waals surface area contributed by atoms with Crippen LogP contribution >= 0.6 is 0 Å². The zero-order chi connectivity index (χ0) is 8.97. The molecule has 0 aromatic carbocycles. The molecule has 12 heavy (non-hydrogen) atoms. The first-order valence-corrected chi connectivity index (χ1v) is 3.45. The Morgan fingerprint density at radius 2 is 2.33 bits per heavy atom. The van der Waals surface area contributed by atoms with E-state index < -0.39 is 0 Å². The number of hydrogen-bond donors (Lipinski definition) is 2. The van der Waals surface area contributed by atoms with Crippen molar-refractivity contribution in [3.8, 4) is 0 Å². The SMILES string of the molecule is [B]N/C=C\c1c(C)ncnc1N. The normalized spacial score (nSPS) is 10.4. The highest BCUT2D eigenvalue weighted by atomic mass is 14.9. The van der Waals surface area contributed by atoms with Crippen LogP contribution in [0.25, 0.3) is 6.08 Å². The van der Waals surface area contributed by atoms with Gasteiger partial charge in [-0.05, 0) is 19.2 Å². The molecule has 0 aliphatic heterocycles. The van der Waals surface area contributed by atoms with Gasteiger partial charge in [0.2, 0.25) is 7.98 Å². The molecule has 1 aromatic rings. The monoisotopic (exact) mass is 160 g/mol. The summed E-state index contributed by atoms with van der Waals surface area (Å²) in [4.78, 5) is 7.82. The van der Waals surface area contributed by atoms with Crippen molar-refractivity contribution in [3.63, 3.8) is 0 Å². The summed E-state index contributed by atoms with van der Waals surface area (Å²) in [5.74, 6) is 0.453. The molecular formula is C7H9BN4. The van der Waals surface area contributed by atoms with Crippen LogP contribution in [-0.4, -0.2) is 17.9 Å². The molecule has 1 rings (SSSR count). The molecule has 0 aliphatic carbocycles. The van der Waals surface area contributed by atoms with Gasteiger partial charge in [0, 0.05) is 5.56 Å². The Bertz CT molecular complexity index is 277. The summed E-state index contributed by atoms with van der Waals surface area (Å²) < 4.78 is 0. The quantitative estimate of drug-likeness (QED) is 0.598. The Hall–Kier alpha value is -1.52. The maximum absolute atomic E-state index is 5.59. The molecule has 0 amide bonds. The fourth-order valence-electron chi connectivity index (χ4n) is 0.840. The van der Waals surface area contributed by atoms with Crippen LogP contribution in [-0.2, 0) is 0 Å². The highest BCUT2D eigenvalue weighted by molar-refractivity contribution is 6.05. The standard InChI is InChI=1S/C7H9BN4/c1-5-6(2-3-12-8)7(9)11-4-10-5/h2-4,12H,1H3,(H2,9,10,11)/b3-2-. The van der Waals surface area contributed by atoms with E-state index in [9.17, 15) is 0 Å². The highest BCUT2D eigenvalue weighted by Gasteiger charge is 1.99. The lowest BCUT2D eigenvalue weighted by Crippen LogP contribution is -2.00.